The number of carbonyl (C=O) groups is 1. The molecule has 3 N–H and O–H groups in total. The van der Waals surface area contributed by atoms with Gasteiger partial charge in [0, 0.05) is 12.6 Å². The lowest BCUT2D eigenvalue weighted by molar-refractivity contribution is -0.137. The zero-order chi connectivity index (χ0) is 20.5. The van der Waals surface area contributed by atoms with E-state index >= 15 is 0 Å². The zero-order valence-corrected chi connectivity index (χ0v) is 16.3. The molecule has 0 aliphatic heterocycles. The minimum atomic E-state index is -0.797. The molecule has 3 aromatic rings. The summed E-state index contributed by atoms with van der Waals surface area (Å²) in [6, 6.07) is 23.1. The third-order valence-electron chi connectivity index (χ3n) is 4.84. The van der Waals surface area contributed by atoms with Crippen LogP contribution < -0.4 is 10.5 Å². The van der Waals surface area contributed by atoms with Crippen LogP contribution in [0.3, 0.4) is 0 Å². The topological polar surface area (TPSA) is 85.4 Å². The number of hydrogen-bond donors (Lipinski definition) is 2. The summed E-state index contributed by atoms with van der Waals surface area (Å²) in [5.41, 5.74) is 9.10. The van der Waals surface area contributed by atoms with Gasteiger partial charge in [-0.25, -0.2) is 0 Å². The van der Waals surface area contributed by atoms with Crippen molar-refractivity contribution in [3.63, 3.8) is 0 Å². The molecule has 0 amide bonds. The highest BCUT2D eigenvalue weighted by Crippen LogP contribution is 2.26. The fourth-order valence-electron chi connectivity index (χ4n) is 3.34. The standard InChI is InChI=1S/C24H26N2O3/c25-22(23-11-4-5-13-26-23)12-14-29-21-10-6-7-18(16-21)15-20(17-24(27)28)19-8-2-1-3-9-19/h1-11,13,16,20,22H,12,14-15,17,25H2,(H,27,28). The Balaban J connectivity index is 1.60. The van der Waals surface area contributed by atoms with Crippen molar-refractivity contribution in [3.8, 4) is 5.75 Å². The quantitative estimate of drug-likeness (QED) is 0.537. The monoisotopic (exact) mass is 390 g/mol. The molecule has 0 aliphatic rings. The lowest BCUT2D eigenvalue weighted by Gasteiger charge is -2.16. The van der Waals surface area contributed by atoms with Gasteiger partial charge in [0.2, 0.25) is 0 Å². The van der Waals surface area contributed by atoms with Gasteiger partial charge in [0.25, 0.3) is 0 Å². The van der Waals surface area contributed by atoms with Crippen molar-refractivity contribution < 1.29 is 14.6 Å². The first kappa shape index (κ1) is 20.6. The number of hydrogen-bond acceptors (Lipinski definition) is 4. The first-order chi connectivity index (χ1) is 14.1. The Hall–Kier alpha value is -3.18. The van der Waals surface area contributed by atoms with Crippen LogP contribution in [-0.4, -0.2) is 22.7 Å². The van der Waals surface area contributed by atoms with E-state index in [1.165, 1.54) is 0 Å². The van der Waals surface area contributed by atoms with Gasteiger partial charge in [-0.15, -0.1) is 0 Å². The van der Waals surface area contributed by atoms with Crippen LogP contribution in [0.4, 0.5) is 0 Å². The highest BCUT2D eigenvalue weighted by atomic mass is 16.5. The fraction of sp³-hybridized carbons (Fsp3) is 0.250. The van der Waals surface area contributed by atoms with Gasteiger partial charge in [-0.05, 0) is 47.7 Å². The Morgan fingerprint density at radius 2 is 1.83 bits per heavy atom. The predicted molar refractivity (Wildman–Crippen MR) is 113 cm³/mol. The summed E-state index contributed by atoms with van der Waals surface area (Å²) in [5.74, 6) is -0.117. The molecule has 29 heavy (non-hydrogen) atoms. The SMILES string of the molecule is NC(CCOc1cccc(CC(CC(=O)O)c2ccccc2)c1)c1ccccn1. The van der Waals surface area contributed by atoms with Crippen LogP contribution in [-0.2, 0) is 11.2 Å². The summed E-state index contributed by atoms with van der Waals surface area (Å²) in [5, 5.41) is 9.30. The maximum absolute atomic E-state index is 11.3. The summed E-state index contributed by atoms with van der Waals surface area (Å²) in [6.45, 7) is 0.485. The third-order valence-corrected chi connectivity index (χ3v) is 4.84. The molecule has 0 saturated heterocycles. The van der Waals surface area contributed by atoms with Crippen molar-refractivity contribution in [1.82, 2.24) is 4.98 Å². The largest absolute Gasteiger partial charge is 0.494 e. The maximum Gasteiger partial charge on any atom is 0.303 e. The molecule has 2 atom stereocenters. The Labute approximate surface area is 171 Å². The van der Waals surface area contributed by atoms with E-state index in [-0.39, 0.29) is 18.4 Å². The predicted octanol–water partition coefficient (Wildman–Crippen LogP) is 4.35. The molecule has 1 aromatic heterocycles. The normalized spacial score (nSPS) is 12.9. The molecule has 3 rings (SSSR count). The minimum Gasteiger partial charge on any atom is -0.494 e. The second-order valence-corrected chi connectivity index (χ2v) is 7.06. The van der Waals surface area contributed by atoms with E-state index in [1.54, 1.807) is 6.20 Å². The Bertz CT molecular complexity index is 900. The molecular weight excluding hydrogens is 364 g/mol. The summed E-state index contributed by atoms with van der Waals surface area (Å²) >= 11 is 0. The van der Waals surface area contributed by atoms with Crippen LogP contribution in [0.1, 0.15) is 41.6 Å². The number of nitrogens with zero attached hydrogens (tertiary/aromatic N) is 1. The van der Waals surface area contributed by atoms with Gasteiger partial charge in [-0.1, -0.05) is 48.5 Å². The number of pyridine rings is 1. The van der Waals surface area contributed by atoms with Crippen molar-refractivity contribution >= 4 is 5.97 Å². The number of benzene rings is 2. The second kappa shape index (κ2) is 10.4. The van der Waals surface area contributed by atoms with Gasteiger partial charge in [-0.3, -0.25) is 9.78 Å². The highest BCUT2D eigenvalue weighted by Gasteiger charge is 2.16. The average molecular weight is 390 g/mol. The molecule has 2 unspecified atom stereocenters. The number of nitrogens with two attached hydrogens (primary N) is 1. The maximum atomic E-state index is 11.3. The number of ether oxygens (including phenoxy) is 1. The fourth-order valence-corrected chi connectivity index (χ4v) is 3.34. The van der Waals surface area contributed by atoms with E-state index in [4.69, 9.17) is 10.5 Å². The van der Waals surface area contributed by atoms with Gasteiger partial charge < -0.3 is 15.6 Å². The Kier molecular flexibility index (Phi) is 7.36. The van der Waals surface area contributed by atoms with E-state index in [9.17, 15) is 9.90 Å². The molecule has 150 valence electrons. The number of aliphatic carboxylic acids is 1. The summed E-state index contributed by atoms with van der Waals surface area (Å²) in [6.07, 6.45) is 3.13. The highest BCUT2D eigenvalue weighted by molar-refractivity contribution is 5.68. The van der Waals surface area contributed by atoms with Crippen LogP contribution in [0, 0.1) is 0 Å². The van der Waals surface area contributed by atoms with Crippen molar-refractivity contribution in [3.05, 3.63) is 95.8 Å². The molecule has 0 spiro atoms. The van der Waals surface area contributed by atoms with E-state index in [0.29, 0.717) is 19.4 Å². The van der Waals surface area contributed by atoms with Crippen molar-refractivity contribution in [2.75, 3.05) is 6.61 Å². The first-order valence-electron chi connectivity index (χ1n) is 9.77. The smallest absolute Gasteiger partial charge is 0.303 e. The molecule has 0 saturated carbocycles. The molecule has 0 fully saturated rings. The van der Waals surface area contributed by atoms with Gasteiger partial charge in [0.15, 0.2) is 0 Å². The van der Waals surface area contributed by atoms with Crippen molar-refractivity contribution in [1.29, 1.82) is 0 Å². The Morgan fingerprint density at radius 1 is 1.03 bits per heavy atom. The molecule has 5 heteroatoms. The minimum absolute atomic E-state index is 0.0819. The van der Waals surface area contributed by atoms with Crippen molar-refractivity contribution in [2.24, 2.45) is 5.73 Å². The lowest BCUT2D eigenvalue weighted by atomic mass is 9.89. The lowest BCUT2D eigenvalue weighted by Crippen LogP contribution is -2.15. The van der Waals surface area contributed by atoms with Crippen molar-refractivity contribution in [2.45, 2.75) is 31.2 Å². The van der Waals surface area contributed by atoms with E-state index in [1.807, 2.05) is 72.8 Å². The molecular formula is C24H26N2O3. The number of carboxylic acids is 1. The van der Waals surface area contributed by atoms with Gasteiger partial charge in [0.05, 0.1) is 24.8 Å². The van der Waals surface area contributed by atoms with Gasteiger partial charge in [-0.2, -0.15) is 0 Å². The molecule has 2 aromatic carbocycles. The molecule has 5 nitrogen and oxygen atoms in total. The number of aromatic nitrogens is 1. The van der Waals surface area contributed by atoms with Crippen LogP contribution >= 0.6 is 0 Å². The van der Waals surface area contributed by atoms with Crippen LogP contribution in [0.15, 0.2) is 79.0 Å². The molecule has 0 aliphatic carbocycles. The van der Waals surface area contributed by atoms with E-state index in [0.717, 1.165) is 22.6 Å². The Morgan fingerprint density at radius 3 is 2.55 bits per heavy atom. The van der Waals surface area contributed by atoms with Crippen LogP contribution in [0.25, 0.3) is 0 Å². The molecule has 0 radical (unpaired) electrons. The first-order valence-corrected chi connectivity index (χ1v) is 9.77. The van der Waals surface area contributed by atoms with E-state index < -0.39 is 5.97 Å². The molecule has 0 bridgehead atoms. The average Bonchev–Trinajstić information content (AvgIpc) is 2.74. The van der Waals surface area contributed by atoms with E-state index in [2.05, 4.69) is 4.98 Å². The van der Waals surface area contributed by atoms with Crippen LogP contribution in [0.5, 0.6) is 5.75 Å². The van der Waals surface area contributed by atoms with Crippen LogP contribution in [0.2, 0.25) is 0 Å². The summed E-state index contributed by atoms with van der Waals surface area (Å²) in [4.78, 5) is 15.6. The van der Waals surface area contributed by atoms with Gasteiger partial charge >= 0.3 is 5.97 Å². The van der Waals surface area contributed by atoms with Gasteiger partial charge in [0.1, 0.15) is 5.75 Å². The third kappa shape index (κ3) is 6.43. The number of rotatable bonds is 10. The molecule has 1 heterocycles. The number of carboxylic acid groups (broad SMARTS) is 1. The summed E-state index contributed by atoms with van der Waals surface area (Å²) < 4.78 is 5.88. The summed E-state index contributed by atoms with van der Waals surface area (Å²) in [7, 11) is 0. The zero-order valence-electron chi connectivity index (χ0n) is 16.3. The second-order valence-electron chi connectivity index (χ2n) is 7.06.